The van der Waals surface area contributed by atoms with Gasteiger partial charge in [-0.25, -0.2) is 0 Å². The lowest BCUT2D eigenvalue weighted by molar-refractivity contribution is -0.131. The summed E-state index contributed by atoms with van der Waals surface area (Å²) < 4.78 is 4.36. The number of carbonyl (C=O) groups excluding carboxylic acids is 1. The van der Waals surface area contributed by atoms with Crippen molar-refractivity contribution in [2.45, 2.75) is 84.9 Å². The van der Waals surface area contributed by atoms with Crippen LogP contribution in [0.25, 0.3) is 0 Å². The van der Waals surface area contributed by atoms with E-state index in [9.17, 15) is 4.79 Å². The summed E-state index contributed by atoms with van der Waals surface area (Å²) in [7, 11) is 0. The maximum absolute atomic E-state index is 9.39. The minimum atomic E-state index is 0.0301. The smallest absolute Gasteiger partial charge is 0.293 e. The van der Waals surface area contributed by atoms with Gasteiger partial charge >= 0.3 is 0 Å². The van der Waals surface area contributed by atoms with Crippen molar-refractivity contribution in [2.24, 2.45) is 5.92 Å². The second kappa shape index (κ2) is 10.4. The fraction of sp³-hybridized carbons (Fsp3) is 0.933. The van der Waals surface area contributed by atoms with Crippen LogP contribution in [0.1, 0.15) is 66.7 Å². The molecule has 3 unspecified atom stereocenters. The first kappa shape index (κ1) is 17.4. The van der Waals surface area contributed by atoms with E-state index in [-0.39, 0.29) is 6.10 Å². The van der Waals surface area contributed by atoms with E-state index in [1.165, 1.54) is 32.1 Å². The van der Waals surface area contributed by atoms with Crippen molar-refractivity contribution >= 4 is 6.47 Å². The Bertz CT molecular complexity index is 193. The standard InChI is InChI=1S/C9H17N.C4H8O2.C2H6/c1-7-6-8-4-2-3-5-9(8)10-7;1-4(2)6-3-5;1-2/h7-10H,2-6H2,1H3;3-4H,1-2H3;1-2H3. The van der Waals surface area contributed by atoms with E-state index in [1.54, 1.807) is 13.8 Å². The molecular formula is C15H31NO2. The second-order valence-corrected chi connectivity index (χ2v) is 5.24. The van der Waals surface area contributed by atoms with E-state index < -0.39 is 0 Å². The van der Waals surface area contributed by atoms with Crippen LogP contribution >= 0.6 is 0 Å². The Morgan fingerprint density at radius 3 is 2.28 bits per heavy atom. The van der Waals surface area contributed by atoms with Gasteiger partial charge in [0.05, 0.1) is 6.10 Å². The monoisotopic (exact) mass is 257 g/mol. The zero-order valence-corrected chi connectivity index (χ0v) is 12.7. The highest BCUT2D eigenvalue weighted by atomic mass is 16.5. The Balaban J connectivity index is 0.000000315. The minimum absolute atomic E-state index is 0.0301. The average Bonchev–Trinajstić information content (AvgIpc) is 2.72. The molecule has 1 saturated carbocycles. The van der Waals surface area contributed by atoms with Crippen molar-refractivity contribution in [1.82, 2.24) is 5.32 Å². The van der Waals surface area contributed by atoms with Crippen LogP contribution in [0.15, 0.2) is 0 Å². The van der Waals surface area contributed by atoms with Crippen LogP contribution in [0.2, 0.25) is 0 Å². The zero-order chi connectivity index (χ0) is 14.0. The molecule has 0 spiro atoms. The predicted octanol–water partition coefficient (Wildman–Crippen LogP) is 3.52. The highest BCUT2D eigenvalue weighted by molar-refractivity contribution is 5.37. The lowest BCUT2D eigenvalue weighted by Gasteiger charge is -2.24. The first-order chi connectivity index (χ1) is 8.63. The Hall–Kier alpha value is -0.570. The van der Waals surface area contributed by atoms with Gasteiger partial charge in [-0.15, -0.1) is 0 Å². The topological polar surface area (TPSA) is 38.3 Å². The van der Waals surface area contributed by atoms with E-state index in [4.69, 9.17) is 0 Å². The molecular weight excluding hydrogens is 226 g/mol. The van der Waals surface area contributed by atoms with E-state index >= 15 is 0 Å². The van der Waals surface area contributed by atoms with Gasteiger partial charge in [-0.1, -0.05) is 26.7 Å². The highest BCUT2D eigenvalue weighted by Gasteiger charge is 2.32. The fourth-order valence-electron chi connectivity index (χ4n) is 2.71. The van der Waals surface area contributed by atoms with Crippen molar-refractivity contribution in [3.63, 3.8) is 0 Å². The van der Waals surface area contributed by atoms with Crippen molar-refractivity contribution in [2.75, 3.05) is 0 Å². The van der Waals surface area contributed by atoms with Gasteiger partial charge in [0.15, 0.2) is 0 Å². The summed E-state index contributed by atoms with van der Waals surface area (Å²) in [5.41, 5.74) is 0. The normalized spacial score (nSPS) is 29.3. The molecule has 3 nitrogen and oxygen atoms in total. The molecule has 3 atom stereocenters. The lowest BCUT2D eigenvalue weighted by atomic mass is 9.85. The predicted molar refractivity (Wildman–Crippen MR) is 76.6 cm³/mol. The van der Waals surface area contributed by atoms with Gasteiger partial charge < -0.3 is 10.1 Å². The summed E-state index contributed by atoms with van der Waals surface area (Å²) in [6, 6.07) is 1.69. The van der Waals surface area contributed by atoms with E-state index in [2.05, 4.69) is 17.0 Å². The summed E-state index contributed by atoms with van der Waals surface area (Å²) in [5.74, 6) is 1.03. The van der Waals surface area contributed by atoms with Crippen LogP contribution in [-0.2, 0) is 9.53 Å². The Labute approximate surface area is 113 Å². The molecule has 0 amide bonds. The molecule has 3 heteroatoms. The van der Waals surface area contributed by atoms with Gasteiger partial charge in [0.2, 0.25) is 0 Å². The Morgan fingerprint density at radius 1 is 1.22 bits per heavy atom. The van der Waals surface area contributed by atoms with Gasteiger partial charge in [-0.05, 0) is 46.0 Å². The molecule has 0 bridgehead atoms. The van der Waals surface area contributed by atoms with E-state index in [0.717, 1.165) is 18.0 Å². The van der Waals surface area contributed by atoms with Gasteiger partial charge in [0.25, 0.3) is 6.47 Å². The van der Waals surface area contributed by atoms with Crippen LogP contribution in [0.3, 0.4) is 0 Å². The maximum atomic E-state index is 9.39. The molecule has 1 heterocycles. The van der Waals surface area contributed by atoms with Crippen LogP contribution < -0.4 is 5.32 Å². The van der Waals surface area contributed by atoms with Gasteiger partial charge in [0.1, 0.15) is 0 Å². The third-order valence-corrected chi connectivity index (χ3v) is 3.39. The van der Waals surface area contributed by atoms with Gasteiger partial charge in [0, 0.05) is 12.1 Å². The van der Waals surface area contributed by atoms with E-state index in [1.807, 2.05) is 13.8 Å². The Morgan fingerprint density at radius 2 is 1.83 bits per heavy atom. The lowest BCUT2D eigenvalue weighted by Crippen LogP contribution is -2.31. The summed E-state index contributed by atoms with van der Waals surface area (Å²) in [4.78, 5) is 9.39. The molecule has 2 aliphatic rings. The zero-order valence-electron chi connectivity index (χ0n) is 12.7. The molecule has 108 valence electrons. The first-order valence-corrected chi connectivity index (χ1v) is 7.48. The van der Waals surface area contributed by atoms with Crippen LogP contribution in [0, 0.1) is 5.92 Å². The quantitative estimate of drug-likeness (QED) is 0.769. The SMILES string of the molecule is CC.CC(C)OC=O.CC1CC2CCCCC2N1. The highest BCUT2D eigenvalue weighted by Crippen LogP contribution is 2.32. The molecule has 2 fully saturated rings. The van der Waals surface area contributed by atoms with Gasteiger partial charge in [-0.3, -0.25) is 4.79 Å². The Kier molecular flexibility index (Phi) is 10.0. The summed E-state index contributed by atoms with van der Waals surface area (Å²) >= 11 is 0. The largest absolute Gasteiger partial charge is 0.465 e. The summed E-state index contributed by atoms with van der Waals surface area (Å²) in [6.07, 6.45) is 7.33. The van der Waals surface area contributed by atoms with Crippen molar-refractivity contribution in [3.8, 4) is 0 Å². The number of ether oxygens (including phenoxy) is 1. The number of rotatable bonds is 2. The molecule has 18 heavy (non-hydrogen) atoms. The third-order valence-electron chi connectivity index (χ3n) is 3.39. The number of nitrogens with one attached hydrogen (secondary N) is 1. The molecule has 1 aliphatic heterocycles. The van der Waals surface area contributed by atoms with Crippen LogP contribution in [0.5, 0.6) is 0 Å². The third kappa shape index (κ3) is 7.00. The molecule has 1 saturated heterocycles. The van der Waals surface area contributed by atoms with Gasteiger partial charge in [-0.2, -0.15) is 0 Å². The minimum Gasteiger partial charge on any atom is -0.465 e. The molecule has 0 aromatic rings. The molecule has 0 radical (unpaired) electrons. The number of hydrogen-bond donors (Lipinski definition) is 1. The molecule has 0 aromatic heterocycles. The first-order valence-electron chi connectivity index (χ1n) is 7.48. The summed E-state index contributed by atoms with van der Waals surface area (Å²) in [6.45, 7) is 10.4. The van der Waals surface area contributed by atoms with Crippen molar-refractivity contribution in [3.05, 3.63) is 0 Å². The van der Waals surface area contributed by atoms with Crippen LogP contribution in [-0.4, -0.2) is 24.7 Å². The second-order valence-electron chi connectivity index (χ2n) is 5.24. The number of hydrogen-bond acceptors (Lipinski definition) is 3. The molecule has 2 rings (SSSR count). The van der Waals surface area contributed by atoms with Crippen molar-refractivity contribution < 1.29 is 9.53 Å². The summed E-state index contributed by atoms with van der Waals surface area (Å²) in [5, 5.41) is 3.66. The van der Waals surface area contributed by atoms with Crippen molar-refractivity contribution in [1.29, 1.82) is 0 Å². The number of carbonyl (C=O) groups is 1. The van der Waals surface area contributed by atoms with Crippen LogP contribution in [0.4, 0.5) is 0 Å². The maximum Gasteiger partial charge on any atom is 0.293 e. The fourth-order valence-corrected chi connectivity index (χ4v) is 2.71. The average molecular weight is 257 g/mol. The van der Waals surface area contributed by atoms with E-state index in [0.29, 0.717) is 6.47 Å². The molecule has 1 N–H and O–H groups in total. The molecule has 1 aliphatic carbocycles. The number of fused-ring (bicyclic) bond motifs is 1. The molecule has 0 aromatic carbocycles.